The summed E-state index contributed by atoms with van der Waals surface area (Å²) in [6, 6.07) is 17.5. The van der Waals surface area contributed by atoms with Gasteiger partial charge in [-0.15, -0.1) is 0 Å². The lowest BCUT2D eigenvalue weighted by atomic mass is 10.2. The SMILES string of the molecule is CCSc1nc(-c2ccccc2)c(NC(=O)COc2cccc(C)c2)s1. The molecule has 1 heterocycles. The van der Waals surface area contributed by atoms with Crippen LogP contribution < -0.4 is 10.1 Å². The number of aromatic nitrogens is 1. The van der Waals surface area contributed by atoms with Crippen molar-refractivity contribution in [2.24, 2.45) is 0 Å². The highest BCUT2D eigenvalue weighted by Crippen LogP contribution is 2.37. The smallest absolute Gasteiger partial charge is 0.262 e. The number of nitrogens with zero attached hydrogens (tertiary/aromatic N) is 1. The fourth-order valence-electron chi connectivity index (χ4n) is 2.38. The Labute approximate surface area is 161 Å². The Morgan fingerprint density at radius 2 is 2.00 bits per heavy atom. The number of thiazole rings is 1. The molecule has 0 spiro atoms. The summed E-state index contributed by atoms with van der Waals surface area (Å²) >= 11 is 3.16. The Hall–Kier alpha value is -2.31. The summed E-state index contributed by atoms with van der Waals surface area (Å²) in [5, 5.41) is 3.71. The average Bonchev–Trinajstić information content (AvgIpc) is 3.03. The molecule has 3 rings (SSSR count). The van der Waals surface area contributed by atoms with Crippen molar-refractivity contribution in [3.8, 4) is 17.0 Å². The van der Waals surface area contributed by atoms with Crippen LogP contribution in [0, 0.1) is 6.92 Å². The highest BCUT2D eigenvalue weighted by molar-refractivity contribution is 8.01. The number of benzene rings is 2. The van der Waals surface area contributed by atoms with Crippen molar-refractivity contribution in [1.82, 2.24) is 4.98 Å². The van der Waals surface area contributed by atoms with Crippen LogP contribution in [0.15, 0.2) is 58.9 Å². The number of hydrogen-bond donors (Lipinski definition) is 1. The second-order valence-corrected chi connectivity index (χ2v) is 8.12. The second kappa shape index (κ2) is 8.87. The number of aryl methyl sites for hydroxylation is 1. The van der Waals surface area contributed by atoms with Gasteiger partial charge in [0.05, 0.1) is 0 Å². The number of carbonyl (C=O) groups excluding carboxylic acids is 1. The zero-order valence-electron chi connectivity index (χ0n) is 14.7. The molecule has 0 atom stereocenters. The van der Waals surface area contributed by atoms with Crippen LogP contribution in [0.3, 0.4) is 0 Å². The summed E-state index contributed by atoms with van der Waals surface area (Å²) in [6.07, 6.45) is 0. The number of amides is 1. The van der Waals surface area contributed by atoms with E-state index < -0.39 is 0 Å². The highest BCUT2D eigenvalue weighted by atomic mass is 32.2. The van der Waals surface area contributed by atoms with Gasteiger partial charge in [0.2, 0.25) is 0 Å². The van der Waals surface area contributed by atoms with Gasteiger partial charge in [0.25, 0.3) is 5.91 Å². The zero-order valence-corrected chi connectivity index (χ0v) is 16.3. The fourth-order valence-corrected chi connectivity index (χ4v) is 4.36. The van der Waals surface area contributed by atoms with Crippen molar-refractivity contribution < 1.29 is 9.53 Å². The Kier molecular flexibility index (Phi) is 6.30. The quantitative estimate of drug-likeness (QED) is 0.565. The Morgan fingerprint density at radius 1 is 1.19 bits per heavy atom. The van der Waals surface area contributed by atoms with E-state index in [1.807, 2.05) is 61.5 Å². The summed E-state index contributed by atoms with van der Waals surface area (Å²) in [5.41, 5.74) is 2.88. The van der Waals surface area contributed by atoms with Crippen molar-refractivity contribution in [3.63, 3.8) is 0 Å². The van der Waals surface area contributed by atoms with Gasteiger partial charge in [-0.25, -0.2) is 4.98 Å². The van der Waals surface area contributed by atoms with Crippen LogP contribution in [0.2, 0.25) is 0 Å². The number of nitrogens with one attached hydrogen (secondary N) is 1. The number of hydrogen-bond acceptors (Lipinski definition) is 5. The molecule has 0 aliphatic carbocycles. The van der Waals surface area contributed by atoms with E-state index in [0.717, 1.165) is 31.9 Å². The van der Waals surface area contributed by atoms with E-state index in [2.05, 4.69) is 17.2 Å². The first kappa shape index (κ1) is 18.5. The third-order valence-corrected chi connectivity index (χ3v) is 5.53. The van der Waals surface area contributed by atoms with Gasteiger partial charge in [-0.2, -0.15) is 0 Å². The largest absolute Gasteiger partial charge is 0.484 e. The van der Waals surface area contributed by atoms with E-state index in [1.165, 1.54) is 11.3 Å². The lowest BCUT2D eigenvalue weighted by Gasteiger charge is -2.08. The van der Waals surface area contributed by atoms with Crippen molar-refractivity contribution in [3.05, 3.63) is 60.2 Å². The summed E-state index contributed by atoms with van der Waals surface area (Å²) in [5.74, 6) is 1.43. The monoisotopic (exact) mass is 384 g/mol. The normalized spacial score (nSPS) is 10.5. The maximum Gasteiger partial charge on any atom is 0.262 e. The van der Waals surface area contributed by atoms with E-state index in [0.29, 0.717) is 5.75 Å². The lowest BCUT2D eigenvalue weighted by Crippen LogP contribution is -2.20. The molecule has 3 aromatic rings. The van der Waals surface area contributed by atoms with Crippen molar-refractivity contribution in [1.29, 1.82) is 0 Å². The Morgan fingerprint density at radius 3 is 2.73 bits per heavy atom. The van der Waals surface area contributed by atoms with E-state index in [4.69, 9.17) is 4.74 Å². The Balaban J connectivity index is 1.72. The first-order valence-corrected chi connectivity index (χ1v) is 10.1. The van der Waals surface area contributed by atoms with Crippen molar-refractivity contribution >= 4 is 34.0 Å². The van der Waals surface area contributed by atoms with Crippen LogP contribution in [0.25, 0.3) is 11.3 Å². The third-order valence-electron chi connectivity index (χ3n) is 3.53. The molecule has 1 aromatic heterocycles. The van der Waals surface area contributed by atoms with Crippen molar-refractivity contribution in [2.45, 2.75) is 18.2 Å². The third kappa shape index (κ3) is 4.86. The molecule has 0 bridgehead atoms. The van der Waals surface area contributed by atoms with E-state index in [-0.39, 0.29) is 12.5 Å². The number of carbonyl (C=O) groups is 1. The van der Waals surface area contributed by atoms with Gasteiger partial charge in [0, 0.05) is 5.56 Å². The maximum absolute atomic E-state index is 12.4. The van der Waals surface area contributed by atoms with Crippen LogP contribution in [-0.2, 0) is 4.79 Å². The first-order valence-electron chi connectivity index (χ1n) is 8.34. The summed E-state index contributed by atoms with van der Waals surface area (Å²) in [6.45, 7) is 4.04. The molecule has 26 heavy (non-hydrogen) atoms. The number of thioether (sulfide) groups is 1. The fraction of sp³-hybridized carbons (Fsp3) is 0.200. The predicted octanol–water partition coefficient (Wildman–Crippen LogP) is 5.25. The van der Waals surface area contributed by atoms with Crippen LogP contribution in [0.4, 0.5) is 5.00 Å². The summed E-state index contributed by atoms with van der Waals surface area (Å²) < 4.78 is 6.53. The van der Waals surface area contributed by atoms with Gasteiger partial charge in [0.1, 0.15) is 16.4 Å². The molecule has 134 valence electrons. The van der Waals surface area contributed by atoms with Gasteiger partial charge in [-0.1, -0.05) is 72.5 Å². The lowest BCUT2D eigenvalue weighted by molar-refractivity contribution is -0.118. The molecule has 0 aliphatic rings. The molecule has 0 unspecified atom stereocenters. The van der Waals surface area contributed by atoms with Gasteiger partial charge >= 0.3 is 0 Å². The van der Waals surface area contributed by atoms with Gasteiger partial charge < -0.3 is 10.1 Å². The van der Waals surface area contributed by atoms with Crippen molar-refractivity contribution in [2.75, 3.05) is 17.7 Å². The minimum Gasteiger partial charge on any atom is -0.484 e. The molecule has 0 saturated carbocycles. The maximum atomic E-state index is 12.4. The van der Waals surface area contributed by atoms with Gasteiger partial charge in [0.15, 0.2) is 10.9 Å². The van der Waals surface area contributed by atoms with Crippen LogP contribution >= 0.6 is 23.1 Å². The first-order chi connectivity index (χ1) is 12.7. The Bertz CT molecular complexity index is 879. The van der Waals surface area contributed by atoms with E-state index >= 15 is 0 Å². The molecule has 0 aliphatic heterocycles. The second-order valence-electron chi connectivity index (χ2n) is 5.61. The molecular weight excluding hydrogens is 364 g/mol. The minimum atomic E-state index is -0.194. The molecule has 0 radical (unpaired) electrons. The predicted molar refractivity (Wildman–Crippen MR) is 109 cm³/mol. The standard InChI is InChI=1S/C20H20N2O2S2/c1-3-25-20-22-18(15-9-5-4-6-10-15)19(26-20)21-17(23)13-24-16-11-7-8-14(2)12-16/h4-12H,3,13H2,1-2H3,(H,21,23). The number of anilines is 1. The van der Waals surface area contributed by atoms with E-state index in [9.17, 15) is 4.79 Å². The summed E-state index contributed by atoms with van der Waals surface area (Å²) in [4.78, 5) is 17.0. The number of ether oxygens (including phenoxy) is 1. The van der Waals surface area contributed by atoms with Crippen LogP contribution in [-0.4, -0.2) is 23.3 Å². The minimum absolute atomic E-state index is 0.0359. The molecule has 1 N–H and O–H groups in total. The average molecular weight is 385 g/mol. The van der Waals surface area contributed by atoms with E-state index in [1.54, 1.807) is 11.8 Å². The molecule has 0 saturated heterocycles. The molecular formula is C20H20N2O2S2. The van der Waals surface area contributed by atoms with Crippen LogP contribution in [0.5, 0.6) is 5.75 Å². The zero-order chi connectivity index (χ0) is 18.4. The topological polar surface area (TPSA) is 51.2 Å². The molecule has 4 nitrogen and oxygen atoms in total. The molecule has 0 fully saturated rings. The number of rotatable bonds is 7. The van der Waals surface area contributed by atoms with Gasteiger partial charge in [-0.05, 0) is 30.4 Å². The highest BCUT2D eigenvalue weighted by Gasteiger charge is 2.16. The summed E-state index contributed by atoms with van der Waals surface area (Å²) in [7, 11) is 0. The molecule has 6 heteroatoms. The van der Waals surface area contributed by atoms with Gasteiger partial charge in [-0.3, -0.25) is 4.79 Å². The molecule has 1 amide bonds. The van der Waals surface area contributed by atoms with Crippen LogP contribution in [0.1, 0.15) is 12.5 Å². The molecule has 2 aromatic carbocycles.